The van der Waals surface area contributed by atoms with Gasteiger partial charge < -0.3 is 9.64 Å². The van der Waals surface area contributed by atoms with E-state index in [4.69, 9.17) is 16.3 Å². The standard InChI is InChI=1S/C20H19ClN2O3/c1-4-26-16-10-8-13(9-11-16)17-18(21)20(25)23(19(17)24)15-7-5-6-14(12-15)22(2)3/h5-12H,4H2,1-3H3. The van der Waals surface area contributed by atoms with Crippen LogP contribution in [0.3, 0.4) is 0 Å². The lowest BCUT2D eigenvalue weighted by Crippen LogP contribution is -2.31. The maximum atomic E-state index is 12.9. The van der Waals surface area contributed by atoms with Crippen molar-refractivity contribution in [1.82, 2.24) is 0 Å². The van der Waals surface area contributed by atoms with Gasteiger partial charge in [-0.3, -0.25) is 9.59 Å². The maximum Gasteiger partial charge on any atom is 0.277 e. The summed E-state index contributed by atoms with van der Waals surface area (Å²) >= 11 is 6.23. The van der Waals surface area contributed by atoms with E-state index in [0.717, 1.165) is 10.6 Å². The Kier molecular flexibility index (Phi) is 5.00. The second kappa shape index (κ2) is 7.22. The number of nitrogens with zero attached hydrogens (tertiary/aromatic N) is 2. The summed E-state index contributed by atoms with van der Waals surface area (Å²) in [6, 6.07) is 14.2. The number of ether oxygens (including phenoxy) is 1. The SMILES string of the molecule is CCOc1ccc(C2=C(Cl)C(=O)N(c3cccc(N(C)C)c3)C2=O)cc1. The van der Waals surface area contributed by atoms with Gasteiger partial charge in [-0.25, -0.2) is 4.90 Å². The molecule has 1 heterocycles. The molecular weight excluding hydrogens is 352 g/mol. The zero-order chi connectivity index (χ0) is 18.8. The van der Waals surface area contributed by atoms with E-state index in [0.29, 0.717) is 23.6 Å². The van der Waals surface area contributed by atoms with Crippen molar-refractivity contribution in [1.29, 1.82) is 0 Å². The highest BCUT2D eigenvalue weighted by Gasteiger charge is 2.39. The molecule has 2 amide bonds. The fourth-order valence-electron chi connectivity index (χ4n) is 2.78. The van der Waals surface area contributed by atoms with Crippen LogP contribution in [0, 0.1) is 0 Å². The molecule has 0 spiro atoms. The first-order chi connectivity index (χ1) is 12.4. The van der Waals surface area contributed by atoms with Crippen molar-refractivity contribution < 1.29 is 14.3 Å². The second-order valence-corrected chi connectivity index (χ2v) is 6.38. The van der Waals surface area contributed by atoms with E-state index in [1.165, 1.54) is 0 Å². The Bertz CT molecular complexity index is 888. The van der Waals surface area contributed by atoms with Gasteiger partial charge in [0, 0.05) is 19.8 Å². The van der Waals surface area contributed by atoms with E-state index in [-0.39, 0.29) is 10.6 Å². The molecule has 2 aromatic rings. The van der Waals surface area contributed by atoms with Crippen molar-refractivity contribution in [2.45, 2.75) is 6.92 Å². The largest absolute Gasteiger partial charge is 0.494 e. The first-order valence-corrected chi connectivity index (χ1v) is 8.61. The molecule has 0 unspecified atom stereocenters. The first kappa shape index (κ1) is 18.0. The molecule has 3 rings (SSSR count). The molecule has 5 nitrogen and oxygen atoms in total. The van der Waals surface area contributed by atoms with E-state index < -0.39 is 11.8 Å². The van der Waals surface area contributed by atoms with Crippen LogP contribution < -0.4 is 14.5 Å². The molecule has 0 aliphatic carbocycles. The van der Waals surface area contributed by atoms with Crippen LogP contribution in [0.25, 0.3) is 5.57 Å². The van der Waals surface area contributed by atoms with Crippen molar-refractivity contribution >= 4 is 40.4 Å². The van der Waals surface area contributed by atoms with Crippen molar-refractivity contribution in [3.63, 3.8) is 0 Å². The highest BCUT2D eigenvalue weighted by atomic mass is 35.5. The summed E-state index contributed by atoms with van der Waals surface area (Å²) in [6.07, 6.45) is 0. The molecule has 0 saturated heterocycles. The van der Waals surface area contributed by atoms with Crippen LogP contribution in [0.5, 0.6) is 5.75 Å². The number of anilines is 2. The molecule has 2 aromatic carbocycles. The van der Waals surface area contributed by atoms with Gasteiger partial charge in [-0.2, -0.15) is 0 Å². The number of imide groups is 1. The van der Waals surface area contributed by atoms with Crippen molar-refractivity contribution in [2.24, 2.45) is 0 Å². The molecule has 0 fully saturated rings. The van der Waals surface area contributed by atoms with Crippen LogP contribution >= 0.6 is 11.6 Å². The summed E-state index contributed by atoms with van der Waals surface area (Å²) in [5.41, 5.74) is 2.16. The highest BCUT2D eigenvalue weighted by molar-refractivity contribution is 6.60. The van der Waals surface area contributed by atoms with Gasteiger partial charge >= 0.3 is 0 Å². The first-order valence-electron chi connectivity index (χ1n) is 8.23. The molecule has 0 atom stereocenters. The molecule has 1 aliphatic heterocycles. The predicted molar refractivity (Wildman–Crippen MR) is 104 cm³/mol. The van der Waals surface area contributed by atoms with E-state index in [2.05, 4.69) is 0 Å². The van der Waals surface area contributed by atoms with Crippen molar-refractivity contribution in [3.05, 3.63) is 59.1 Å². The van der Waals surface area contributed by atoms with Gasteiger partial charge in [0.15, 0.2) is 0 Å². The third-order valence-corrected chi connectivity index (χ3v) is 4.44. The molecule has 0 saturated carbocycles. The van der Waals surface area contributed by atoms with E-state index in [9.17, 15) is 9.59 Å². The fourth-order valence-corrected chi connectivity index (χ4v) is 3.06. The zero-order valence-corrected chi connectivity index (χ0v) is 15.6. The molecular formula is C20H19ClN2O3. The maximum absolute atomic E-state index is 12.9. The van der Waals surface area contributed by atoms with Gasteiger partial charge in [-0.05, 0) is 42.8 Å². The summed E-state index contributed by atoms with van der Waals surface area (Å²) in [5, 5.41) is -0.0746. The van der Waals surface area contributed by atoms with Crippen LogP contribution in [0.4, 0.5) is 11.4 Å². The summed E-state index contributed by atoms with van der Waals surface area (Å²) in [5.74, 6) is -0.253. The fraction of sp³-hybridized carbons (Fsp3) is 0.200. The van der Waals surface area contributed by atoms with Gasteiger partial charge in [0.1, 0.15) is 10.8 Å². The zero-order valence-electron chi connectivity index (χ0n) is 14.8. The van der Waals surface area contributed by atoms with E-state index in [1.807, 2.05) is 32.0 Å². The predicted octanol–water partition coefficient (Wildman–Crippen LogP) is 3.67. The number of rotatable bonds is 5. The van der Waals surface area contributed by atoms with Gasteiger partial charge in [-0.15, -0.1) is 0 Å². The number of hydrogen-bond donors (Lipinski definition) is 0. The third-order valence-electron chi connectivity index (χ3n) is 4.09. The Hall–Kier alpha value is -2.79. The minimum absolute atomic E-state index is 0.0746. The lowest BCUT2D eigenvalue weighted by Gasteiger charge is -2.18. The number of halogens is 1. The van der Waals surface area contributed by atoms with Crippen molar-refractivity contribution in [2.75, 3.05) is 30.5 Å². The normalized spacial score (nSPS) is 14.2. The molecule has 0 radical (unpaired) electrons. The lowest BCUT2D eigenvalue weighted by atomic mass is 10.1. The average Bonchev–Trinajstić information content (AvgIpc) is 2.85. The second-order valence-electron chi connectivity index (χ2n) is 6.01. The average molecular weight is 371 g/mol. The van der Waals surface area contributed by atoms with Crippen LogP contribution in [-0.2, 0) is 9.59 Å². The number of benzene rings is 2. The molecule has 1 aliphatic rings. The van der Waals surface area contributed by atoms with Gasteiger partial charge in [0.25, 0.3) is 11.8 Å². The van der Waals surface area contributed by atoms with Crippen LogP contribution in [0.1, 0.15) is 12.5 Å². The third kappa shape index (κ3) is 3.18. The smallest absolute Gasteiger partial charge is 0.277 e. The van der Waals surface area contributed by atoms with E-state index >= 15 is 0 Å². The number of carbonyl (C=O) groups excluding carboxylic acids is 2. The van der Waals surface area contributed by atoms with Gasteiger partial charge in [0.05, 0.1) is 17.9 Å². The minimum atomic E-state index is -0.517. The Morgan fingerprint density at radius 3 is 2.35 bits per heavy atom. The topological polar surface area (TPSA) is 49.9 Å². The van der Waals surface area contributed by atoms with Crippen molar-refractivity contribution in [3.8, 4) is 5.75 Å². The molecule has 6 heteroatoms. The Balaban J connectivity index is 1.96. The summed E-state index contributed by atoms with van der Waals surface area (Å²) < 4.78 is 5.41. The van der Waals surface area contributed by atoms with Crippen LogP contribution in [0.2, 0.25) is 0 Å². The molecule has 134 valence electrons. The lowest BCUT2D eigenvalue weighted by molar-refractivity contribution is -0.119. The minimum Gasteiger partial charge on any atom is -0.494 e. The van der Waals surface area contributed by atoms with Gasteiger partial charge in [-0.1, -0.05) is 29.8 Å². The van der Waals surface area contributed by atoms with Crippen LogP contribution in [0.15, 0.2) is 53.6 Å². The highest BCUT2D eigenvalue weighted by Crippen LogP contribution is 2.36. The molecule has 0 N–H and O–H groups in total. The summed E-state index contributed by atoms with van der Waals surface area (Å²) in [6.45, 7) is 2.45. The number of carbonyl (C=O) groups is 2. The monoisotopic (exact) mass is 370 g/mol. The molecule has 0 aromatic heterocycles. The number of amides is 2. The quantitative estimate of drug-likeness (QED) is 0.753. The molecule has 26 heavy (non-hydrogen) atoms. The number of hydrogen-bond acceptors (Lipinski definition) is 4. The Labute approximate surface area is 157 Å². The summed E-state index contributed by atoms with van der Waals surface area (Å²) in [4.78, 5) is 28.6. The molecule has 0 bridgehead atoms. The Morgan fingerprint density at radius 1 is 1.04 bits per heavy atom. The van der Waals surface area contributed by atoms with Gasteiger partial charge in [0.2, 0.25) is 0 Å². The summed E-state index contributed by atoms with van der Waals surface area (Å²) in [7, 11) is 3.78. The van der Waals surface area contributed by atoms with Crippen LogP contribution in [-0.4, -0.2) is 32.5 Å². The van der Waals surface area contributed by atoms with E-state index in [1.54, 1.807) is 42.5 Å². The Morgan fingerprint density at radius 2 is 1.73 bits per heavy atom.